The van der Waals surface area contributed by atoms with Crippen LogP contribution < -0.4 is 4.90 Å². The molecule has 2 aromatic carbocycles. The SMILES string of the molecule is Fc1ccc(-n2c(Cc3ccccc3)nn(C[NH+]3CCCCC3)c2=S)cc1. The Hall–Kier alpha value is -2.31. The number of aromatic nitrogens is 3. The number of halogens is 1. The maximum atomic E-state index is 13.4. The van der Waals surface area contributed by atoms with E-state index < -0.39 is 0 Å². The summed E-state index contributed by atoms with van der Waals surface area (Å²) in [6, 6.07) is 16.7. The number of nitrogens with zero attached hydrogens (tertiary/aromatic N) is 3. The molecule has 3 aromatic rings. The highest BCUT2D eigenvalue weighted by atomic mass is 32.1. The van der Waals surface area contributed by atoms with E-state index in [1.165, 1.54) is 54.9 Å². The molecule has 4 nitrogen and oxygen atoms in total. The van der Waals surface area contributed by atoms with Crippen molar-refractivity contribution >= 4 is 12.2 Å². The van der Waals surface area contributed by atoms with Crippen molar-refractivity contribution in [3.05, 3.63) is 76.6 Å². The highest BCUT2D eigenvalue weighted by Crippen LogP contribution is 2.16. The largest absolute Gasteiger partial charge is 0.316 e. The second-order valence-electron chi connectivity index (χ2n) is 7.14. The summed E-state index contributed by atoms with van der Waals surface area (Å²) in [6.45, 7) is 3.12. The maximum Gasteiger partial charge on any atom is 0.207 e. The summed E-state index contributed by atoms with van der Waals surface area (Å²) in [7, 11) is 0. The molecule has 4 rings (SSSR count). The minimum absolute atomic E-state index is 0.250. The average molecular weight is 384 g/mol. The fourth-order valence-electron chi connectivity index (χ4n) is 3.72. The third-order valence-corrected chi connectivity index (χ3v) is 5.52. The van der Waals surface area contributed by atoms with Crippen LogP contribution in [0.15, 0.2) is 54.6 Å². The predicted octanol–water partition coefficient (Wildman–Crippen LogP) is 3.16. The molecular weight excluding hydrogens is 359 g/mol. The maximum absolute atomic E-state index is 13.4. The number of piperidine rings is 1. The second kappa shape index (κ2) is 8.15. The minimum Gasteiger partial charge on any atom is -0.316 e. The summed E-state index contributed by atoms with van der Waals surface area (Å²) in [6.07, 6.45) is 4.53. The standard InChI is InChI=1S/C21H23FN4S/c22-18-9-11-19(12-10-18)26-20(15-17-7-3-1-4-8-17)23-25(21(26)27)16-24-13-5-2-6-14-24/h1,3-4,7-12H,2,5-6,13-16H2/p+1. The molecule has 0 atom stereocenters. The third kappa shape index (κ3) is 4.17. The molecule has 1 aliphatic heterocycles. The van der Waals surface area contributed by atoms with Crippen molar-refractivity contribution in [2.45, 2.75) is 32.4 Å². The molecule has 0 saturated carbocycles. The minimum atomic E-state index is -0.250. The Kier molecular flexibility index (Phi) is 5.45. The van der Waals surface area contributed by atoms with Crippen molar-refractivity contribution in [2.24, 2.45) is 0 Å². The molecule has 0 unspecified atom stereocenters. The number of hydrogen-bond acceptors (Lipinski definition) is 2. The second-order valence-corrected chi connectivity index (χ2v) is 7.51. The Morgan fingerprint density at radius 1 is 0.963 bits per heavy atom. The van der Waals surface area contributed by atoms with Crippen molar-refractivity contribution in [3.8, 4) is 5.69 Å². The summed E-state index contributed by atoms with van der Waals surface area (Å²) in [5.41, 5.74) is 2.03. The number of hydrogen-bond donors (Lipinski definition) is 1. The summed E-state index contributed by atoms with van der Waals surface area (Å²) in [4.78, 5) is 1.52. The van der Waals surface area contributed by atoms with Gasteiger partial charge in [-0.2, -0.15) is 9.78 Å². The normalized spacial score (nSPS) is 15.1. The fourth-order valence-corrected chi connectivity index (χ4v) is 4.04. The van der Waals surface area contributed by atoms with Gasteiger partial charge in [-0.25, -0.2) is 4.39 Å². The van der Waals surface area contributed by atoms with Crippen molar-refractivity contribution < 1.29 is 9.29 Å². The van der Waals surface area contributed by atoms with Crippen LogP contribution in [0.4, 0.5) is 4.39 Å². The average Bonchev–Trinajstić information content (AvgIpc) is 2.99. The summed E-state index contributed by atoms with van der Waals surface area (Å²) in [5, 5.41) is 4.86. The molecule has 1 saturated heterocycles. The molecule has 0 spiro atoms. The van der Waals surface area contributed by atoms with Crippen LogP contribution in [0, 0.1) is 10.6 Å². The van der Waals surface area contributed by atoms with Gasteiger partial charge < -0.3 is 4.90 Å². The topological polar surface area (TPSA) is 27.2 Å². The van der Waals surface area contributed by atoms with Gasteiger partial charge in [0, 0.05) is 12.1 Å². The number of likely N-dealkylation sites (tertiary alicyclic amines) is 1. The van der Waals surface area contributed by atoms with E-state index in [1.54, 1.807) is 12.1 Å². The Labute approximate surface area is 163 Å². The van der Waals surface area contributed by atoms with Crippen LogP contribution in [-0.2, 0) is 13.1 Å². The highest BCUT2D eigenvalue weighted by Gasteiger charge is 2.18. The van der Waals surface area contributed by atoms with Gasteiger partial charge in [-0.05, 0) is 61.3 Å². The van der Waals surface area contributed by atoms with Crippen molar-refractivity contribution in [2.75, 3.05) is 13.1 Å². The predicted molar refractivity (Wildman–Crippen MR) is 106 cm³/mol. The molecule has 1 fully saturated rings. The van der Waals surface area contributed by atoms with Gasteiger partial charge in [0.2, 0.25) is 4.77 Å². The first-order valence-electron chi connectivity index (χ1n) is 9.53. The summed E-state index contributed by atoms with van der Waals surface area (Å²) in [5.74, 6) is 0.634. The molecule has 140 valence electrons. The lowest BCUT2D eigenvalue weighted by Gasteiger charge is -2.22. The molecule has 0 bridgehead atoms. The zero-order chi connectivity index (χ0) is 18.6. The molecule has 6 heteroatoms. The first-order valence-corrected chi connectivity index (χ1v) is 9.94. The van der Waals surface area contributed by atoms with E-state index in [4.69, 9.17) is 17.3 Å². The molecular formula is C21H24FN4S+. The number of quaternary nitrogens is 1. The van der Waals surface area contributed by atoms with Gasteiger partial charge in [-0.3, -0.25) is 4.57 Å². The Bertz CT molecular complexity index is 941. The lowest BCUT2D eigenvalue weighted by molar-refractivity contribution is -0.928. The van der Waals surface area contributed by atoms with Gasteiger partial charge in [-0.1, -0.05) is 30.3 Å². The zero-order valence-electron chi connectivity index (χ0n) is 15.3. The fraction of sp³-hybridized carbons (Fsp3) is 0.333. The summed E-state index contributed by atoms with van der Waals surface area (Å²) >= 11 is 5.77. The first kappa shape index (κ1) is 18.1. The van der Waals surface area contributed by atoms with Crippen molar-refractivity contribution in [1.29, 1.82) is 0 Å². The Balaban J connectivity index is 1.71. The van der Waals surface area contributed by atoms with Gasteiger partial charge in [0.15, 0.2) is 6.67 Å². The smallest absolute Gasteiger partial charge is 0.207 e. The molecule has 0 amide bonds. The van der Waals surface area contributed by atoms with Crippen LogP contribution in [0.3, 0.4) is 0 Å². The monoisotopic (exact) mass is 383 g/mol. The number of rotatable bonds is 5. The Morgan fingerprint density at radius 2 is 1.67 bits per heavy atom. The number of benzene rings is 2. The van der Waals surface area contributed by atoms with E-state index in [2.05, 4.69) is 12.1 Å². The lowest BCUT2D eigenvalue weighted by Crippen LogP contribution is -3.12. The van der Waals surface area contributed by atoms with E-state index in [1.807, 2.05) is 27.4 Å². The van der Waals surface area contributed by atoms with E-state index in [0.717, 1.165) is 18.2 Å². The van der Waals surface area contributed by atoms with Crippen molar-refractivity contribution in [3.63, 3.8) is 0 Å². The van der Waals surface area contributed by atoms with Crippen LogP contribution in [0.25, 0.3) is 5.69 Å². The van der Waals surface area contributed by atoms with Crippen LogP contribution >= 0.6 is 12.2 Å². The van der Waals surface area contributed by atoms with E-state index >= 15 is 0 Å². The molecule has 1 N–H and O–H groups in total. The van der Waals surface area contributed by atoms with Gasteiger partial charge in [0.25, 0.3) is 0 Å². The third-order valence-electron chi connectivity index (χ3n) is 5.13. The van der Waals surface area contributed by atoms with Crippen LogP contribution in [0.5, 0.6) is 0 Å². The lowest BCUT2D eigenvalue weighted by atomic mass is 10.1. The first-order chi connectivity index (χ1) is 13.2. The van der Waals surface area contributed by atoms with E-state index in [0.29, 0.717) is 11.2 Å². The zero-order valence-corrected chi connectivity index (χ0v) is 16.1. The summed E-state index contributed by atoms with van der Waals surface area (Å²) < 4.78 is 18.0. The number of nitrogens with one attached hydrogen (secondary N) is 1. The van der Waals surface area contributed by atoms with Gasteiger partial charge >= 0.3 is 0 Å². The molecule has 27 heavy (non-hydrogen) atoms. The van der Waals surface area contributed by atoms with E-state index in [9.17, 15) is 4.39 Å². The molecule has 2 heterocycles. The molecule has 1 aliphatic rings. The van der Waals surface area contributed by atoms with Gasteiger partial charge in [0.05, 0.1) is 13.1 Å². The Morgan fingerprint density at radius 3 is 2.37 bits per heavy atom. The van der Waals surface area contributed by atoms with Crippen LogP contribution in [0.2, 0.25) is 0 Å². The molecule has 1 aromatic heterocycles. The van der Waals surface area contributed by atoms with Gasteiger partial charge in [0.1, 0.15) is 11.6 Å². The van der Waals surface area contributed by atoms with Crippen LogP contribution in [-0.4, -0.2) is 27.4 Å². The van der Waals surface area contributed by atoms with Crippen LogP contribution in [0.1, 0.15) is 30.7 Å². The quantitative estimate of drug-likeness (QED) is 0.686. The van der Waals surface area contributed by atoms with Crippen molar-refractivity contribution in [1.82, 2.24) is 14.3 Å². The molecule has 0 radical (unpaired) electrons. The molecule has 0 aliphatic carbocycles. The van der Waals surface area contributed by atoms with E-state index in [-0.39, 0.29) is 5.82 Å². The van der Waals surface area contributed by atoms with Gasteiger partial charge in [-0.15, -0.1) is 0 Å². The highest BCUT2D eigenvalue weighted by molar-refractivity contribution is 7.71.